The highest BCUT2D eigenvalue weighted by Gasteiger charge is 2.15. The monoisotopic (exact) mass is 263 g/mol. The van der Waals surface area contributed by atoms with Crippen LogP contribution in [0.25, 0.3) is 0 Å². The largest absolute Gasteiger partial charge is 0.309 e. The summed E-state index contributed by atoms with van der Waals surface area (Å²) >= 11 is 6.21. The summed E-state index contributed by atoms with van der Waals surface area (Å²) in [6, 6.07) is 10.2. The SMILES string of the molecule is CCNC(Cc1ccccc1Cl)c1ccn(C)n1. The van der Waals surface area contributed by atoms with E-state index in [1.54, 1.807) is 0 Å². The summed E-state index contributed by atoms with van der Waals surface area (Å²) in [5, 5.41) is 8.74. The van der Waals surface area contributed by atoms with Crippen LogP contribution in [0, 0.1) is 0 Å². The van der Waals surface area contributed by atoms with Gasteiger partial charge in [0.1, 0.15) is 0 Å². The Hall–Kier alpha value is -1.32. The van der Waals surface area contributed by atoms with Crippen LogP contribution in [0.4, 0.5) is 0 Å². The summed E-state index contributed by atoms with van der Waals surface area (Å²) in [4.78, 5) is 0. The van der Waals surface area contributed by atoms with Gasteiger partial charge in [0.15, 0.2) is 0 Å². The van der Waals surface area contributed by atoms with Crippen LogP contribution in [0.3, 0.4) is 0 Å². The molecule has 18 heavy (non-hydrogen) atoms. The van der Waals surface area contributed by atoms with Gasteiger partial charge in [-0.3, -0.25) is 4.68 Å². The summed E-state index contributed by atoms with van der Waals surface area (Å²) in [6.45, 7) is 3.01. The molecule has 0 amide bonds. The molecule has 1 N–H and O–H groups in total. The van der Waals surface area contributed by atoms with Crippen LogP contribution in [0.15, 0.2) is 36.5 Å². The van der Waals surface area contributed by atoms with Crippen LogP contribution in [0.2, 0.25) is 5.02 Å². The standard InChI is InChI=1S/C14H18ClN3/c1-3-16-14(13-8-9-18(2)17-13)10-11-6-4-5-7-12(11)15/h4-9,14,16H,3,10H2,1-2H3. The van der Waals surface area contributed by atoms with Gasteiger partial charge in [0, 0.05) is 18.3 Å². The van der Waals surface area contributed by atoms with E-state index in [0.717, 1.165) is 29.2 Å². The number of halogens is 1. The first-order chi connectivity index (χ1) is 8.70. The Morgan fingerprint density at radius 2 is 2.11 bits per heavy atom. The number of aryl methyl sites for hydroxylation is 1. The molecule has 0 aliphatic carbocycles. The summed E-state index contributed by atoms with van der Waals surface area (Å²) in [5.74, 6) is 0. The number of rotatable bonds is 5. The topological polar surface area (TPSA) is 29.9 Å². The van der Waals surface area contributed by atoms with Crippen LogP contribution in [0.5, 0.6) is 0 Å². The van der Waals surface area contributed by atoms with Crippen molar-refractivity contribution in [3.63, 3.8) is 0 Å². The summed E-state index contributed by atoms with van der Waals surface area (Å²) in [6.07, 6.45) is 2.82. The Morgan fingerprint density at radius 1 is 1.33 bits per heavy atom. The minimum atomic E-state index is 0.205. The Bertz CT molecular complexity index is 507. The summed E-state index contributed by atoms with van der Waals surface area (Å²) < 4.78 is 1.83. The molecule has 0 aliphatic heterocycles. The van der Waals surface area contributed by atoms with E-state index in [-0.39, 0.29) is 6.04 Å². The second-order valence-corrected chi connectivity index (χ2v) is 4.73. The van der Waals surface area contributed by atoms with Crippen molar-refractivity contribution in [1.29, 1.82) is 0 Å². The minimum absolute atomic E-state index is 0.205. The summed E-state index contributed by atoms with van der Waals surface area (Å²) in [7, 11) is 1.93. The number of hydrogen-bond acceptors (Lipinski definition) is 2. The number of aromatic nitrogens is 2. The zero-order chi connectivity index (χ0) is 13.0. The molecule has 3 nitrogen and oxygen atoms in total. The number of nitrogens with zero attached hydrogens (tertiary/aromatic N) is 2. The molecule has 0 radical (unpaired) electrons. The average Bonchev–Trinajstić information content (AvgIpc) is 2.78. The fourth-order valence-electron chi connectivity index (χ4n) is 2.03. The molecular formula is C14H18ClN3. The Morgan fingerprint density at radius 3 is 2.72 bits per heavy atom. The average molecular weight is 264 g/mol. The first-order valence-electron chi connectivity index (χ1n) is 6.17. The molecule has 1 aromatic heterocycles. The van der Waals surface area contributed by atoms with Crippen molar-refractivity contribution in [1.82, 2.24) is 15.1 Å². The molecule has 0 saturated carbocycles. The number of benzene rings is 1. The van der Waals surface area contributed by atoms with E-state index in [0.29, 0.717) is 0 Å². The second kappa shape index (κ2) is 6.03. The van der Waals surface area contributed by atoms with Crippen LogP contribution < -0.4 is 5.32 Å². The fourth-order valence-corrected chi connectivity index (χ4v) is 2.24. The minimum Gasteiger partial charge on any atom is -0.309 e. The molecule has 0 saturated heterocycles. The third kappa shape index (κ3) is 3.12. The molecule has 1 unspecified atom stereocenters. The van der Waals surface area contributed by atoms with Crippen molar-refractivity contribution in [3.8, 4) is 0 Å². The predicted molar refractivity (Wildman–Crippen MR) is 74.8 cm³/mol. The first kappa shape index (κ1) is 13.1. The molecule has 96 valence electrons. The van der Waals surface area contributed by atoms with Crippen molar-refractivity contribution in [2.24, 2.45) is 7.05 Å². The summed E-state index contributed by atoms with van der Waals surface area (Å²) in [5.41, 5.74) is 2.20. The fraction of sp³-hybridized carbons (Fsp3) is 0.357. The van der Waals surface area contributed by atoms with Crippen molar-refractivity contribution >= 4 is 11.6 Å². The van der Waals surface area contributed by atoms with Gasteiger partial charge < -0.3 is 5.32 Å². The molecule has 2 aromatic rings. The maximum atomic E-state index is 6.21. The van der Waals surface area contributed by atoms with E-state index in [9.17, 15) is 0 Å². The quantitative estimate of drug-likeness (QED) is 0.899. The van der Waals surface area contributed by atoms with Crippen LogP contribution in [-0.4, -0.2) is 16.3 Å². The molecule has 0 aliphatic rings. The van der Waals surface area contributed by atoms with E-state index < -0.39 is 0 Å². The van der Waals surface area contributed by atoms with Gasteiger partial charge in [0.25, 0.3) is 0 Å². The van der Waals surface area contributed by atoms with Crippen molar-refractivity contribution in [3.05, 3.63) is 52.8 Å². The van der Waals surface area contributed by atoms with E-state index in [4.69, 9.17) is 11.6 Å². The highest BCUT2D eigenvalue weighted by molar-refractivity contribution is 6.31. The van der Waals surface area contributed by atoms with Gasteiger partial charge in [0.2, 0.25) is 0 Å². The Kier molecular flexibility index (Phi) is 4.39. The number of nitrogens with one attached hydrogen (secondary N) is 1. The van der Waals surface area contributed by atoms with Gasteiger partial charge in [0.05, 0.1) is 11.7 Å². The van der Waals surface area contributed by atoms with Crippen molar-refractivity contribution in [2.45, 2.75) is 19.4 Å². The van der Waals surface area contributed by atoms with E-state index in [1.807, 2.05) is 42.2 Å². The lowest BCUT2D eigenvalue weighted by molar-refractivity contribution is 0.528. The van der Waals surface area contributed by atoms with Gasteiger partial charge in [-0.2, -0.15) is 5.10 Å². The molecule has 1 atom stereocenters. The van der Waals surface area contributed by atoms with E-state index >= 15 is 0 Å². The predicted octanol–water partition coefficient (Wildman–Crippen LogP) is 2.97. The van der Waals surface area contributed by atoms with Crippen molar-refractivity contribution in [2.75, 3.05) is 6.54 Å². The first-order valence-corrected chi connectivity index (χ1v) is 6.55. The maximum absolute atomic E-state index is 6.21. The van der Waals surface area contributed by atoms with Crippen LogP contribution >= 0.6 is 11.6 Å². The molecular weight excluding hydrogens is 246 g/mol. The molecule has 1 heterocycles. The lowest BCUT2D eigenvalue weighted by atomic mass is 10.0. The van der Waals surface area contributed by atoms with Crippen LogP contribution in [-0.2, 0) is 13.5 Å². The number of hydrogen-bond donors (Lipinski definition) is 1. The van der Waals surface area contributed by atoms with E-state index in [2.05, 4.69) is 23.4 Å². The van der Waals surface area contributed by atoms with Gasteiger partial charge in [-0.05, 0) is 30.7 Å². The lowest BCUT2D eigenvalue weighted by Gasteiger charge is -2.16. The molecule has 0 bridgehead atoms. The third-order valence-electron chi connectivity index (χ3n) is 2.92. The Labute approximate surface area is 113 Å². The normalized spacial score (nSPS) is 12.6. The third-order valence-corrected chi connectivity index (χ3v) is 3.29. The van der Waals surface area contributed by atoms with Gasteiger partial charge in [-0.25, -0.2) is 0 Å². The molecule has 4 heteroatoms. The van der Waals surface area contributed by atoms with Crippen molar-refractivity contribution < 1.29 is 0 Å². The Balaban J connectivity index is 2.19. The zero-order valence-electron chi connectivity index (χ0n) is 10.7. The molecule has 0 spiro atoms. The van der Waals surface area contributed by atoms with Crippen LogP contribution in [0.1, 0.15) is 24.2 Å². The van der Waals surface area contributed by atoms with Gasteiger partial charge >= 0.3 is 0 Å². The highest BCUT2D eigenvalue weighted by Crippen LogP contribution is 2.22. The van der Waals surface area contributed by atoms with E-state index in [1.165, 1.54) is 0 Å². The van der Waals surface area contributed by atoms with Gasteiger partial charge in [-0.15, -0.1) is 0 Å². The molecule has 0 fully saturated rings. The molecule has 1 aromatic carbocycles. The second-order valence-electron chi connectivity index (χ2n) is 4.32. The maximum Gasteiger partial charge on any atom is 0.0797 e. The lowest BCUT2D eigenvalue weighted by Crippen LogP contribution is -2.23. The zero-order valence-corrected chi connectivity index (χ0v) is 11.5. The molecule has 2 rings (SSSR count). The highest BCUT2D eigenvalue weighted by atomic mass is 35.5. The smallest absolute Gasteiger partial charge is 0.0797 e. The van der Waals surface area contributed by atoms with Gasteiger partial charge in [-0.1, -0.05) is 36.7 Å². The number of likely N-dealkylation sites (N-methyl/N-ethyl adjacent to an activating group) is 1.